The lowest BCUT2D eigenvalue weighted by molar-refractivity contribution is 0.101. The Kier molecular flexibility index (Phi) is 4.42. The lowest BCUT2D eigenvalue weighted by atomic mass is 10.2. The molecule has 0 atom stereocenters. The SMILES string of the molecule is COCCn1cccc1C(=O)Nc1ccc(C)c(O)c1. The van der Waals surface area contributed by atoms with Crippen LogP contribution in [-0.4, -0.2) is 29.3 Å². The van der Waals surface area contributed by atoms with Gasteiger partial charge in [0.25, 0.3) is 5.91 Å². The first-order chi connectivity index (χ1) is 9.61. The van der Waals surface area contributed by atoms with Gasteiger partial charge in [-0.3, -0.25) is 4.79 Å². The molecular formula is C15H18N2O3. The summed E-state index contributed by atoms with van der Waals surface area (Å²) in [5.74, 6) is -0.0491. The molecule has 0 radical (unpaired) electrons. The highest BCUT2D eigenvalue weighted by Crippen LogP contribution is 2.21. The summed E-state index contributed by atoms with van der Waals surface area (Å²) in [6, 6.07) is 8.62. The van der Waals surface area contributed by atoms with E-state index in [1.54, 1.807) is 32.2 Å². The number of hydrogen-bond donors (Lipinski definition) is 2. The summed E-state index contributed by atoms with van der Waals surface area (Å²) >= 11 is 0. The van der Waals surface area contributed by atoms with E-state index in [1.807, 2.05) is 16.8 Å². The third-order valence-electron chi connectivity index (χ3n) is 3.07. The highest BCUT2D eigenvalue weighted by Gasteiger charge is 2.11. The third-order valence-corrected chi connectivity index (χ3v) is 3.07. The van der Waals surface area contributed by atoms with Gasteiger partial charge in [-0.15, -0.1) is 0 Å². The Balaban J connectivity index is 2.11. The standard InChI is InChI=1S/C15H18N2O3/c1-11-5-6-12(10-14(11)18)16-15(19)13-4-3-7-17(13)8-9-20-2/h3-7,10,18H,8-9H2,1-2H3,(H,16,19). The van der Waals surface area contributed by atoms with Crippen LogP contribution in [0, 0.1) is 6.92 Å². The zero-order valence-corrected chi connectivity index (χ0v) is 11.6. The number of rotatable bonds is 5. The second-order valence-electron chi connectivity index (χ2n) is 4.54. The van der Waals surface area contributed by atoms with E-state index in [2.05, 4.69) is 5.32 Å². The molecule has 0 saturated heterocycles. The first kappa shape index (κ1) is 14.1. The normalized spacial score (nSPS) is 10.5. The quantitative estimate of drug-likeness (QED) is 0.880. The maximum atomic E-state index is 12.2. The van der Waals surface area contributed by atoms with Crippen molar-refractivity contribution in [2.75, 3.05) is 19.0 Å². The number of benzene rings is 1. The van der Waals surface area contributed by atoms with Crippen molar-refractivity contribution >= 4 is 11.6 Å². The maximum absolute atomic E-state index is 12.2. The van der Waals surface area contributed by atoms with E-state index >= 15 is 0 Å². The van der Waals surface area contributed by atoms with E-state index < -0.39 is 0 Å². The number of nitrogens with one attached hydrogen (secondary N) is 1. The zero-order chi connectivity index (χ0) is 14.5. The topological polar surface area (TPSA) is 63.5 Å². The highest BCUT2D eigenvalue weighted by atomic mass is 16.5. The van der Waals surface area contributed by atoms with Crippen LogP contribution in [0.1, 0.15) is 16.1 Å². The number of aryl methyl sites for hydroxylation is 1. The Morgan fingerprint density at radius 1 is 1.40 bits per heavy atom. The monoisotopic (exact) mass is 274 g/mol. The third kappa shape index (κ3) is 3.19. The van der Waals surface area contributed by atoms with Crippen molar-refractivity contribution in [2.45, 2.75) is 13.5 Å². The number of aromatic hydroxyl groups is 1. The van der Waals surface area contributed by atoms with Crippen LogP contribution in [0.4, 0.5) is 5.69 Å². The molecule has 5 heteroatoms. The molecule has 0 aliphatic rings. The van der Waals surface area contributed by atoms with Crippen LogP contribution in [0.3, 0.4) is 0 Å². The number of methoxy groups -OCH3 is 1. The van der Waals surface area contributed by atoms with Crippen LogP contribution >= 0.6 is 0 Å². The van der Waals surface area contributed by atoms with E-state index in [0.717, 1.165) is 5.56 Å². The number of phenols is 1. The van der Waals surface area contributed by atoms with Crippen LogP contribution in [0.15, 0.2) is 36.5 Å². The number of nitrogens with zero attached hydrogens (tertiary/aromatic N) is 1. The Hall–Kier alpha value is -2.27. The van der Waals surface area contributed by atoms with Gasteiger partial charge in [-0.2, -0.15) is 0 Å². The van der Waals surface area contributed by atoms with Crippen molar-refractivity contribution in [2.24, 2.45) is 0 Å². The number of ether oxygens (including phenoxy) is 1. The molecular weight excluding hydrogens is 256 g/mol. The van der Waals surface area contributed by atoms with Crippen LogP contribution in [0.2, 0.25) is 0 Å². The number of carbonyl (C=O) groups is 1. The second kappa shape index (κ2) is 6.25. The Morgan fingerprint density at radius 3 is 2.90 bits per heavy atom. The minimum atomic E-state index is -0.214. The van der Waals surface area contributed by atoms with Gasteiger partial charge in [-0.05, 0) is 30.7 Å². The zero-order valence-electron chi connectivity index (χ0n) is 11.6. The van der Waals surface area contributed by atoms with Crippen molar-refractivity contribution in [1.29, 1.82) is 0 Å². The number of amides is 1. The summed E-state index contributed by atoms with van der Waals surface area (Å²) in [5, 5.41) is 12.4. The van der Waals surface area contributed by atoms with Crippen LogP contribution < -0.4 is 5.32 Å². The molecule has 0 unspecified atom stereocenters. The fraction of sp³-hybridized carbons (Fsp3) is 0.267. The van der Waals surface area contributed by atoms with E-state index in [9.17, 15) is 9.90 Å². The molecule has 0 spiro atoms. The van der Waals surface area contributed by atoms with Gasteiger partial charge in [0.05, 0.1) is 6.61 Å². The number of anilines is 1. The fourth-order valence-electron chi connectivity index (χ4n) is 1.89. The lowest BCUT2D eigenvalue weighted by Crippen LogP contribution is -2.18. The molecule has 0 saturated carbocycles. The van der Waals surface area contributed by atoms with Crippen molar-refractivity contribution in [1.82, 2.24) is 4.57 Å². The van der Waals surface area contributed by atoms with Crippen molar-refractivity contribution < 1.29 is 14.6 Å². The van der Waals surface area contributed by atoms with E-state index in [-0.39, 0.29) is 11.7 Å². The number of phenolic OH excluding ortho intramolecular Hbond substituents is 1. The van der Waals surface area contributed by atoms with Crippen LogP contribution in [0.5, 0.6) is 5.75 Å². The average Bonchev–Trinajstić information content (AvgIpc) is 2.89. The van der Waals surface area contributed by atoms with E-state index in [4.69, 9.17) is 4.74 Å². The number of carbonyl (C=O) groups excluding carboxylic acids is 1. The highest BCUT2D eigenvalue weighted by molar-refractivity contribution is 6.03. The molecule has 0 aliphatic carbocycles. The van der Waals surface area contributed by atoms with Gasteiger partial charge in [-0.1, -0.05) is 6.07 Å². The molecule has 0 aliphatic heterocycles. The fourth-order valence-corrected chi connectivity index (χ4v) is 1.89. The summed E-state index contributed by atoms with van der Waals surface area (Å²) < 4.78 is 6.84. The largest absolute Gasteiger partial charge is 0.508 e. The molecule has 2 aromatic rings. The van der Waals surface area contributed by atoms with Gasteiger partial charge in [0, 0.05) is 31.6 Å². The molecule has 2 rings (SSSR count). The summed E-state index contributed by atoms with van der Waals surface area (Å²) in [6.07, 6.45) is 1.83. The summed E-state index contributed by atoms with van der Waals surface area (Å²) in [6.45, 7) is 2.96. The van der Waals surface area contributed by atoms with Crippen molar-refractivity contribution in [3.8, 4) is 5.75 Å². The minimum absolute atomic E-state index is 0.164. The number of hydrogen-bond acceptors (Lipinski definition) is 3. The van der Waals surface area contributed by atoms with Crippen molar-refractivity contribution in [3.05, 3.63) is 47.8 Å². The molecule has 0 fully saturated rings. The van der Waals surface area contributed by atoms with Gasteiger partial charge >= 0.3 is 0 Å². The Bertz CT molecular complexity index is 605. The predicted molar refractivity (Wildman–Crippen MR) is 77.1 cm³/mol. The van der Waals surface area contributed by atoms with Gasteiger partial charge in [0.15, 0.2) is 0 Å². The first-order valence-electron chi connectivity index (χ1n) is 6.37. The predicted octanol–water partition coefficient (Wildman–Crippen LogP) is 2.40. The minimum Gasteiger partial charge on any atom is -0.508 e. The molecule has 1 aromatic heterocycles. The molecule has 2 N–H and O–H groups in total. The number of aromatic nitrogens is 1. The molecule has 1 amide bonds. The smallest absolute Gasteiger partial charge is 0.272 e. The molecule has 1 aromatic carbocycles. The molecule has 5 nitrogen and oxygen atoms in total. The second-order valence-corrected chi connectivity index (χ2v) is 4.54. The average molecular weight is 274 g/mol. The first-order valence-corrected chi connectivity index (χ1v) is 6.37. The van der Waals surface area contributed by atoms with Gasteiger partial charge in [0.2, 0.25) is 0 Å². The van der Waals surface area contributed by atoms with Gasteiger partial charge in [0.1, 0.15) is 11.4 Å². The Morgan fingerprint density at radius 2 is 2.20 bits per heavy atom. The molecule has 106 valence electrons. The lowest BCUT2D eigenvalue weighted by Gasteiger charge is -2.10. The van der Waals surface area contributed by atoms with Gasteiger partial charge < -0.3 is 19.7 Å². The van der Waals surface area contributed by atoms with E-state index in [0.29, 0.717) is 24.5 Å². The summed E-state index contributed by atoms with van der Waals surface area (Å²) in [4.78, 5) is 12.2. The molecule has 1 heterocycles. The molecule has 0 bridgehead atoms. The van der Waals surface area contributed by atoms with Gasteiger partial charge in [-0.25, -0.2) is 0 Å². The van der Waals surface area contributed by atoms with Crippen molar-refractivity contribution in [3.63, 3.8) is 0 Å². The summed E-state index contributed by atoms with van der Waals surface area (Å²) in [7, 11) is 1.62. The van der Waals surface area contributed by atoms with Crippen LogP contribution in [-0.2, 0) is 11.3 Å². The molecule has 20 heavy (non-hydrogen) atoms. The maximum Gasteiger partial charge on any atom is 0.272 e. The van der Waals surface area contributed by atoms with E-state index in [1.165, 1.54) is 6.07 Å². The summed E-state index contributed by atoms with van der Waals surface area (Å²) in [5.41, 5.74) is 1.89. The Labute approximate surface area is 117 Å². The van der Waals surface area contributed by atoms with Crippen LogP contribution in [0.25, 0.3) is 0 Å².